The van der Waals surface area contributed by atoms with Crippen molar-refractivity contribution in [2.75, 3.05) is 23.3 Å². The van der Waals surface area contributed by atoms with Gasteiger partial charge in [0.1, 0.15) is 6.07 Å². The molecule has 0 aromatic heterocycles. The molecule has 0 aliphatic carbocycles. The molecule has 0 unspecified atom stereocenters. The van der Waals surface area contributed by atoms with Gasteiger partial charge in [-0.15, -0.1) is 0 Å². The molecule has 1 aliphatic rings. The van der Waals surface area contributed by atoms with E-state index in [0.717, 1.165) is 18.8 Å². The average molecular weight is 340 g/mol. The van der Waals surface area contributed by atoms with Crippen LogP contribution in [0.1, 0.15) is 35.2 Å². The first kappa shape index (κ1) is 16.4. The summed E-state index contributed by atoms with van der Waals surface area (Å²) in [4.78, 5) is 14.9. The van der Waals surface area contributed by atoms with Crippen LogP contribution in [0.2, 0.25) is 5.02 Å². The van der Waals surface area contributed by atoms with Crippen molar-refractivity contribution in [3.05, 3.63) is 58.6 Å². The predicted octanol–water partition coefficient (Wildman–Crippen LogP) is 4.45. The van der Waals surface area contributed by atoms with E-state index in [9.17, 15) is 4.79 Å². The molecule has 4 nitrogen and oxygen atoms in total. The van der Waals surface area contributed by atoms with Gasteiger partial charge in [-0.25, -0.2) is 0 Å². The van der Waals surface area contributed by atoms with Crippen molar-refractivity contribution >= 4 is 28.9 Å². The van der Waals surface area contributed by atoms with Gasteiger partial charge in [0.25, 0.3) is 5.91 Å². The number of hydrogen-bond donors (Lipinski definition) is 1. The van der Waals surface area contributed by atoms with Crippen LogP contribution >= 0.6 is 11.6 Å². The molecule has 0 saturated carbocycles. The zero-order valence-electron chi connectivity index (χ0n) is 13.3. The Morgan fingerprint density at radius 1 is 1.12 bits per heavy atom. The van der Waals surface area contributed by atoms with Crippen LogP contribution in [-0.4, -0.2) is 19.0 Å². The molecule has 122 valence electrons. The van der Waals surface area contributed by atoms with Crippen molar-refractivity contribution in [2.24, 2.45) is 0 Å². The van der Waals surface area contributed by atoms with E-state index in [1.807, 2.05) is 18.2 Å². The van der Waals surface area contributed by atoms with Gasteiger partial charge in [-0.1, -0.05) is 17.7 Å². The van der Waals surface area contributed by atoms with E-state index in [1.165, 1.54) is 19.3 Å². The normalized spacial score (nSPS) is 14.1. The summed E-state index contributed by atoms with van der Waals surface area (Å²) in [5.41, 5.74) is 2.45. The van der Waals surface area contributed by atoms with Crippen LogP contribution in [0, 0.1) is 11.3 Å². The van der Waals surface area contributed by atoms with E-state index in [0.29, 0.717) is 21.8 Å². The highest BCUT2D eigenvalue weighted by Gasteiger charge is 2.14. The zero-order chi connectivity index (χ0) is 16.9. The standard InChI is InChI=1S/C19H18ClN3O/c20-16-8-7-15(13-21)18(12-16)22-19(24)14-5-4-6-17(11-14)23-9-2-1-3-10-23/h4-8,11-12H,1-3,9-10H2,(H,22,24). The Hall–Kier alpha value is -2.51. The second kappa shape index (κ2) is 7.37. The molecule has 1 heterocycles. The molecular formula is C19H18ClN3O. The molecule has 1 saturated heterocycles. The third-order valence-electron chi connectivity index (χ3n) is 4.18. The van der Waals surface area contributed by atoms with E-state index in [1.54, 1.807) is 24.3 Å². The molecule has 2 aromatic carbocycles. The fraction of sp³-hybridized carbons (Fsp3) is 0.263. The zero-order valence-corrected chi connectivity index (χ0v) is 14.0. The first-order valence-electron chi connectivity index (χ1n) is 8.03. The molecule has 0 atom stereocenters. The topological polar surface area (TPSA) is 56.1 Å². The minimum atomic E-state index is -0.243. The fourth-order valence-electron chi connectivity index (χ4n) is 2.91. The Kier molecular flexibility index (Phi) is 5.02. The van der Waals surface area contributed by atoms with Crippen molar-refractivity contribution in [3.8, 4) is 6.07 Å². The number of anilines is 2. The SMILES string of the molecule is N#Cc1ccc(Cl)cc1NC(=O)c1cccc(N2CCCCC2)c1. The van der Waals surface area contributed by atoms with Gasteiger partial charge >= 0.3 is 0 Å². The van der Waals surface area contributed by atoms with Crippen LogP contribution in [0.4, 0.5) is 11.4 Å². The van der Waals surface area contributed by atoms with Gasteiger partial charge < -0.3 is 10.2 Å². The van der Waals surface area contributed by atoms with E-state index >= 15 is 0 Å². The molecule has 24 heavy (non-hydrogen) atoms. The summed E-state index contributed by atoms with van der Waals surface area (Å²) in [6, 6.07) is 14.5. The number of nitrogens with zero attached hydrogens (tertiary/aromatic N) is 2. The van der Waals surface area contributed by atoms with Gasteiger partial charge in [0.05, 0.1) is 11.3 Å². The van der Waals surface area contributed by atoms with Crippen LogP contribution in [-0.2, 0) is 0 Å². The highest BCUT2D eigenvalue weighted by atomic mass is 35.5. The molecule has 0 bridgehead atoms. The monoisotopic (exact) mass is 339 g/mol. The van der Waals surface area contributed by atoms with Gasteiger partial charge in [-0.2, -0.15) is 5.26 Å². The molecule has 5 heteroatoms. The second-order valence-corrected chi connectivity index (χ2v) is 6.29. The Morgan fingerprint density at radius 2 is 1.92 bits per heavy atom. The maximum atomic E-state index is 12.5. The smallest absolute Gasteiger partial charge is 0.255 e. The lowest BCUT2D eigenvalue weighted by Crippen LogP contribution is -2.29. The van der Waals surface area contributed by atoms with Gasteiger partial charge in [-0.05, 0) is 55.7 Å². The molecule has 0 spiro atoms. The van der Waals surface area contributed by atoms with Crippen LogP contribution < -0.4 is 10.2 Å². The molecule has 3 rings (SSSR count). The van der Waals surface area contributed by atoms with Crippen molar-refractivity contribution in [1.82, 2.24) is 0 Å². The van der Waals surface area contributed by atoms with Crippen LogP contribution in [0.3, 0.4) is 0 Å². The minimum absolute atomic E-state index is 0.243. The Balaban J connectivity index is 1.81. The first-order valence-corrected chi connectivity index (χ1v) is 8.41. The molecule has 1 fully saturated rings. The molecule has 2 aromatic rings. The van der Waals surface area contributed by atoms with Crippen LogP contribution in [0.5, 0.6) is 0 Å². The predicted molar refractivity (Wildman–Crippen MR) is 96.6 cm³/mol. The van der Waals surface area contributed by atoms with Crippen LogP contribution in [0.25, 0.3) is 0 Å². The number of amides is 1. The summed E-state index contributed by atoms with van der Waals surface area (Å²) < 4.78 is 0. The number of hydrogen-bond acceptors (Lipinski definition) is 3. The lowest BCUT2D eigenvalue weighted by molar-refractivity contribution is 0.102. The highest BCUT2D eigenvalue weighted by Crippen LogP contribution is 2.23. The fourth-order valence-corrected chi connectivity index (χ4v) is 3.08. The summed E-state index contributed by atoms with van der Waals surface area (Å²) in [5, 5.41) is 12.4. The van der Waals surface area contributed by atoms with E-state index in [-0.39, 0.29) is 5.91 Å². The highest BCUT2D eigenvalue weighted by molar-refractivity contribution is 6.31. The number of carbonyl (C=O) groups excluding carboxylic acids is 1. The largest absolute Gasteiger partial charge is 0.372 e. The maximum Gasteiger partial charge on any atom is 0.255 e. The number of piperidine rings is 1. The maximum absolute atomic E-state index is 12.5. The summed E-state index contributed by atoms with van der Waals surface area (Å²) in [6.07, 6.45) is 3.64. The van der Waals surface area contributed by atoms with E-state index in [4.69, 9.17) is 16.9 Å². The lowest BCUT2D eigenvalue weighted by Gasteiger charge is -2.29. The van der Waals surface area contributed by atoms with Gasteiger partial charge in [0, 0.05) is 29.4 Å². The first-order chi connectivity index (χ1) is 11.7. The molecule has 1 amide bonds. The van der Waals surface area contributed by atoms with Gasteiger partial charge in [0.2, 0.25) is 0 Å². The third kappa shape index (κ3) is 3.69. The Bertz CT molecular complexity index is 791. The Morgan fingerprint density at radius 3 is 2.67 bits per heavy atom. The summed E-state index contributed by atoms with van der Waals surface area (Å²) in [5.74, 6) is -0.243. The number of nitrogens with one attached hydrogen (secondary N) is 1. The summed E-state index contributed by atoms with van der Waals surface area (Å²) in [6.45, 7) is 2.05. The number of halogens is 1. The van der Waals surface area contributed by atoms with Crippen molar-refractivity contribution in [1.29, 1.82) is 5.26 Å². The van der Waals surface area contributed by atoms with E-state index < -0.39 is 0 Å². The van der Waals surface area contributed by atoms with Gasteiger partial charge in [-0.3, -0.25) is 4.79 Å². The molecule has 0 radical (unpaired) electrons. The average Bonchev–Trinajstić information content (AvgIpc) is 2.63. The third-order valence-corrected chi connectivity index (χ3v) is 4.41. The van der Waals surface area contributed by atoms with Crippen molar-refractivity contribution in [2.45, 2.75) is 19.3 Å². The Labute approximate surface area is 146 Å². The minimum Gasteiger partial charge on any atom is -0.372 e. The second-order valence-electron chi connectivity index (χ2n) is 5.85. The van der Waals surface area contributed by atoms with Crippen LogP contribution in [0.15, 0.2) is 42.5 Å². The molecule has 1 aliphatic heterocycles. The summed E-state index contributed by atoms with van der Waals surface area (Å²) in [7, 11) is 0. The molecular weight excluding hydrogens is 322 g/mol. The van der Waals surface area contributed by atoms with Crippen molar-refractivity contribution in [3.63, 3.8) is 0 Å². The number of carbonyl (C=O) groups is 1. The molecule has 1 N–H and O–H groups in total. The summed E-state index contributed by atoms with van der Waals surface area (Å²) >= 11 is 5.96. The van der Waals surface area contributed by atoms with Gasteiger partial charge in [0.15, 0.2) is 0 Å². The quantitative estimate of drug-likeness (QED) is 0.898. The lowest BCUT2D eigenvalue weighted by atomic mass is 10.1. The van der Waals surface area contributed by atoms with Crippen molar-refractivity contribution < 1.29 is 4.79 Å². The van der Waals surface area contributed by atoms with E-state index in [2.05, 4.69) is 16.3 Å². The number of benzene rings is 2. The number of rotatable bonds is 3. The number of nitriles is 1.